The Morgan fingerprint density at radius 2 is 1.95 bits per heavy atom. The molecule has 0 radical (unpaired) electrons. The largest absolute Gasteiger partial charge is 0.481 e. The number of piperidine rings is 1. The molecule has 1 rings (SSSR count). The van der Waals surface area contributed by atoms with Crippen molar-refractivity contribution in [1.29, 1.82) is 0 Å². The summed E-state index contributed by atoms with van der Waals surface area (Å²) in [6.45, 7) is 6.58. The highest BCUT2D eigenvalue weighted by Gasteiger charge is 2.19. The maximum Gasteiger partial charge on any atom is 0.317 e. The number of aliphatic carboxylic acids is 1. The smallest absolute Gasteiger partial charge is 0.317 e. The second-order valence-corrected chi connectivity index (χ2v) is 5.73. The van der Waals surface area contributed by atoms with E-state index in [2.05, 4.69) is 12.2 Å². The zero-order valence-corrected chi connectivity index (χ0v) is 12.0. The van der Waals surface area contributed by atoms with Crippen LogP contribution < -0.4 is 5.32 Å². The highest BCUT2D eigenvalue weighted by molar-refractivity contribution is 5.74. The Morgan fingerprint density at radius 3 is 2.53 bits per heavy atom. The van der Waals surface area contributed by atoms with Crippen molar-refractivity contribution in [2.45, 2.75) is 46.0 Å². The summed E-state index contributed by atoms with van der Waals surface area (Å²) in [7, 11) is 0. The van der Waals surface area contributed by atoms with Gasteiger partial charge in [-0.25, -0.2) is 4.79 Å². The number of hydrogen-bond acceptors (Lipinski definition) is 2. The summed E-state index contributed by atoms with van der Waals surface area (Å²) in [6, 6.07) is 0.0253. The Balaban J connectivity index is 2.11. The monoisotopic (exact) mass is 270 g/mol. The molecule has 110 valence electrons. The van der Waals surface area contributed by atoms with Gasteiger partial charge < -0.3 is 15.3 Å². The number of amides is 2. The van der Waals surface area contributed by atoms with E-state index in [1.165, 1.54) is 0 Å². The van der Waals surface area contributed by atoms with Crippen LogP contribution in [0.3, 0.4) is 0 Å². The summed E-state index contributed by atoms with van der Waals surface area (Å²) in [6.07, 6.45) is 3.89. The lowest BCUT2D eigenvalue weighted by molar-refractivity contribution is -0.137. The van der Waals surface area contributed by atoms with Gasteiger partial charge in [0.1, 0.15) is 0 Å². The van der Waals surface area contributed by atoms with Crippen LogP contribution in [0.5, 0.6) is 0 Å². The summed E-state index contributed by atoms with van der Waals surface area (Å²) in [5.74, 6) is 0.302. The van der Waals surface area contributed by atoms with Gasteiger partial charge in [-0.15, -0.1) is 0 Å². The van der Waals surface area contributed by atoms with E-state index in [0.717, 1.165) is 38.3 Å². The minimum absolute atomic E-state index is 0.0253. The minimum atomic E-state index is -0.752. The van der Waals surface area contributed by atoms with E-state index < -0.39 is 5.97 Å². The molecule has 5 nitrogen and oxygen atoms in total. The second kappa shape index (κ2) is 8.02. The van der Waals surface area contributed by atoms with Crippen molar-refractivity contribution in [1.82, 2.24) is 10.2 Å². The number of likely N-dealkylation sites (tertiary alicyclic amines) is 1. The van der Waals surface area contributed by atoms with E-state index in [9.17, 15) is 9.59 Å². The summed E-state index contributed by atoms with van der Waals surface area (Å²) in [5.41, 5.74) is 0. The Hall–Kier alpha value is -1.26. The molecule has 5 heteroatoms. The Kier molecular flexibility index (Phi) is 6.67. The average Bonchev–Trinajstić information content (AvgIpc) is 2.37. The number of urea groups is 1. The van der Waals surface area contributed by atoms with Crippen molar-refractivity contribution in [2.75, 3.05) is 19.6 Å². The van der Waals surface area contributed by atoms with Crippen molar-refractivity contribution in [3.63, 3.8) is 0 Å². The van der Waals surface area contributed by atoms with Gasteiger partial charge in [-0.05, 0) is 37.5 Å². The van der Waals surface area contributed by atoms with Crippen molar-refractivity contribution in [3.8, 4) is 0 Å². The molecule has 1 unspecified atom stereocenters. The van der Waals surface area contributed by atoms with Gasteiger partial charge in [-0.2, -0.15) is 0 Å². The second-order valence-electron chi connectivity index (χ2n) is 5.73. The van der Waals surface area contributed by atoms with E-state index >= 15 is 0 Å². The molecule has 0 aliphatic carbocycles. The Bertz CT molecular complexity index is 299. The predicted molar refractivity (Wildman–Crippen MR) is 74.0 cm³/mol. The molecule has 0 saturated carbocycles. The standard InChI is InChI=1S/C14H26N2O3/c1-11(3-4-13(17)18)5-8-15-14(19)16-9-6-12(2)7-10-16/h11-12H,3-10H2,1-2H3,(H,15,19)(H,17,18). The molecule has 0 aromatic carbocycles. The zero-order valence-electron chi connectivity index (χ0n) is 12.0. The fourth-order valence-corrected chi connectivity index (χ4v) is 2.26. The molecule has 19 heavy (non-hydrogen) atoms. The highest BCUT2D eigenvalue weighted by Crippen LogP contribution is 2.16. The van der Waals surface area contributed by atoms with Crippen LogP contribution in [0.15, 0.2) is 0 Å². The third-order valence-electron chi connectivity index (χ3n) is 3.84. The van der Waals surface area contributed by atoms with Crippen LogP contribution in [0, 0.1) is 11.8 Å². The molecule has 0 aromatic heterocycles. The number of carboxylic acids is 1. The summed E-state index contributed by atoms with van der Waals surface area (Å²) < 4.78 is 0. The van der Waals surface area contributed by atoms with E-state index in [4.69, 9.17) is 5.11 Å². The van der Waals surface area contributed by atoms with Crippen molar-refractivity contribution < 1.29 is 14.7 Å². The van der Waals surface area contributed by atoms with Gasteiger partial charge in [-0.1, -0.05) is 13.8 Å². The molecule has 1 aliphatic rings. The third kappa shape index (κ3) is 6.45. The molecule has 0 aromatic rings. The molecular formula is C14H26N2O3. The highest BCUT2D eigenvalue weighted by atomic mass is 16.4. The van der Waals surface area contributed by atoms with Gasteiger partial charge in [0.15, 0.2) is 0 Å². The molecule has 0 bridgehead atoms. The zero-order chi connectivity index (χ0) is 14.3. The van der Waals surface area contributed by atoms with Crippen LogP contribution in [0.4, 0.5) is 4.79 Å². The fraction of sp³-hybridized carbons (Fsp3) is 0.857. The van der Waals surface area contributed by atoms with Gasteiger partial charge in [0, 0.05) is 26.1 Å². The van der Waals surface area contributed by atoms with Gasteiger partial charge in [-0.3, -0.25) is 4.79 Å². The SMILES string of the molecule is CC(CCNC(=O)N1CCC(C)CC1)CCC(=O)O. The van der Waals surface area contributed by atoms with E-state index in [1.807, 2.05) is 11.8 Å². The first-order valence-electron chi connectivity index (χ1n) is 7.23. The van der Waals surface area contributed by atoms with Crippen molar-refractivity contribution >= 4 is 12.0 Å². The number of nitrogens with zero attached hydrogens (tertiary/aromatic N) is 1. The summed E-state index contributed by atoms with van der Waals surface area (Å²) in [4.78, 5) is 24.2. The lowest BCUT2D eigenvalue weighted by atomic mass is 9.99. The maximum atomic E-state index is 11.9. The van der Waals surface area contributed by atoms with Crippen LogP contribution >= 0.6 is 0 Å². The summed E-state index contributed by atoms with van der Waals surface area (Å²) in [5, 5.41) is 11.5. The molecule has 1 atom stereocenters. The lowest BCUT2D eigenvalue weighted by Crippen LogP contribution is -2.44. The number of rotatable bonds is 6. The van der Waals surface area contributed by atoms with Gasteiger partial charge in [0.05, 0.1) is 0 Å². The summed E-state index contributed by atoms with van der Waals surface area (Å²) >= 11 is 0. The minimum Gasteiger partial charge on any atom is -0.481 e. The third-order valence-corrected chi connectivity index (χ3v) is 3.84. The molecular weight excluding hydrogens is 244 g/mol. The molecule has 1 saturated heterocycles. The fourth-order valence-electron chi connectivity index (χ4n) is 2.26. The van der Waals surface area contributed by atoms with Crippen LogP contribution in [0.25, 0.3) is 0 Å². The molecule has 2 amide bonds. The molecule has 1 aliphatic heterocycles. The molecule has 1 fully saturated rings. The first-order valence-corrected chi connectivity index (χ1v) is 7.23. The Morgan fingerprint density at radius 1 is 1.32 bits per heavy atom. The van der Waals surface area contributed by atoms with Crippen LogP contribution in [-0.4, -0.2) is 41.6 Å². The topological polar surface area (TPSA) is 69.6 Å². The first-order chi connectivity index (χ1) is 8.99. The van der Waals surface area contributed by atoms with Crippen LogP contribution in [0.1, 0.15) is 46.0 Å². The number of nitrogens with one attached hydrogen (secondary N) is 1. The number of carbonyl (C=O) groups excluding carboxylic acids is 1. The lowest BCUT2D eigenvalue weighted by Gasteiger charge is -2.30. The van der Waals surface area contributed by atoms with Gasteiger partial charge in [0.2, 0.25) is 0 Å². The molecule has 0 spiro atoms. The van der Waals surface area contributed by atoms with Gasteiger partial charge in [0.25, 0.3) is 0 Å². The van der Waals surface area contributed by atoms with E-state index in [1.54, 1.807) is 0 Å². The number of carbonyl (C=O) groups is 2. The molecule has 1 heterocycles. The van der Waals surface area contributed by atoms with Crippen LogP contribution in [0.2, 0.25) is 0 Å². The van der Waals surface area contributed by atoms with Crippen molar-refractivity contribution in [3.05, 3.63) is 0 Å². The number of carboxylic acid groups (broad SMARTS) is 1. The predicted octanol–water partition coefficient (Wildman–Crippen LogP) is 2.32. The normalized spacial score (nSPS) is 18.1. The average molecular weight is 270 g/mol. The first kappa shape index (κ1) is 15.8. The quantitative estimate of drug-likeness (QED) is 0.778. The van der Waals surface area contributed by atoms with Gasteiger partial charge >= 0.3 is 12.0 Å². The Labute approximate surface area is 115 Å². The van der Waals surface area contributed by atoms with Crippen LogP contribution in [-0.2, 0) is 4.79 Å². The number of hydrogen-bond donors (Lipinski definition) is 2. The van der Waals surface area contributed by atoms with E-state index in [-0.39, 0.29) is 12.5 Å². The molecule has 2 N–H and O–H groups in total. The maximum absolute atomic E-state index is 11.9. The van der Waals surface area contributed by atoms with E-state index in [0.29, 0.717) is 18.9 Å². The van der Waals surface area contributed by atoms with Crippen molar-refractivity contribution in [2.24, 2.45) is 11.8 Å².